The summed E-state index contributed by atoms with van der Waals surface area (Å²) in [4.78, 5) is 0.126. The number of hydrogen-bond acceptors (Lipinski definition) is 5. The van der Waals surface area contributed by atoms with Crippen LogP contribution in [-0.4, -0.2) is 39.0 Å². The maximum atomic E-state index is 12.3. The van der Waals surface area contributed by atoms with E-state index in [9.17, 15) is 16.8 Å². The topological polar surface area (TPSA) is 111 Å². The van der Waals surface area contributed by atoms with Gasteiger partial charge in [0, 0.05) is 30.5 Å². The highest BCUT2D eigenvalue weighted by atomic mass is 32.2. The summed E-state index contributed by atoms with van der Waals surface area (Å²) < 4.78 is 51.8. The second-order valence-corrected chi connectivity index (χ2v) is 9.54. The molecule has 0 amide bonds. The Morgan fingerprint density at radius 3 is 2.57 bits per heavy atom. The van der Waals surface area contributed by atoms with E-state index in [0.29, 0.717) is 6.42 Å². The van der Waals surface area contributed by atoms with Gasteiger partial charge in [-0.05, 0) is 26.3 Å². The predicted molar refractivity (Wildman–Crippen MR) is 80.1 cm³/mol. The minimum absolute atomic E-state index is 0.0290. The van der Waals surface area contributed by atoms with Crippen LogP contribution >= 0.6 is 0 Å². The molecule has 120 valence electrons. The number of nitrogens with zero attached hydrogens (tertiary/aromatic N) is 1. The zero-order valence-corrected chi connectivity index (χ0v) is 13.7. The summed E-state index contributed by atoms with van der Waals surface area (Å²) in [6, 6.07) is 1.08. The number of rotatable bonds is 5. The van der Waals surface area contributed by atoms with Crippen molar-refractivity contribution in [2.45, 2.75) is 43.8 Å². The van der Waals surface area contributed by atoms with Crippen molar-refractivity contribution in [2.24, 2.45) is 5.73 Å². The van der Waals surface area contributed by atoms with Crippen LogP contribution in [0.4, 0.5) is 0 Å². The molecule has 1 aliphatic rings. The van der Waals surface area contributed by atoms with E-state index < -0.39 is 25.9 Å². The van der Waals surface area contributed by atoms with Crippen molar-refractivity contribution in [1.29, 1.82) is 0 Å². The van der Waals surface area contributed by atoms with Crippen LogP contribution in [0.2, 0.25) is 0 Å². The van der Waals surface area contributed by atoms with Crippen molar-refractivity contribution >= 4 is 19.9 Å². The van der Waals surface area contributed by atoms with Gasteiger partial charge in [-0.3, -0.25) is 0 Å². The number of aromatic nitrogens is 1. The van der Waals surface area contributed by atoms with Crippen molar-refractivity contribution in [3.05, 3.63) is 18.0 Å². The first-order valence-corrected chi connectivity index (χ1v) is 10.1. The first-order valence-electron chi connectivity index (χ1n) is 6.78. The first kappa shape index (κ1) is 16.5. The molecule has 1 saturated heterocycles. The van der Waals surface area contributed by atoms with Crippen LogP contribution in [0.25, 0.3) is 0 Å². The molecule has 0 spiro atoms. The Morgan fingerprint density at radius 1 is 1.48 bits per heavy atom. The Bertz CT molecular complexity index is 720. The lowest BCUT2D eigenvalue weighted by atomic mass is 10.3. The van der Waals surface area contributed by atoms with E-state index in [1.807, 2.05) is 13.8 Å². The van der Waals surface area contributed by atoms with Crippen LogP contribution in [0.15, 0.2) is 17.2 Å². The Hall–Kier alpha value is -0.900. The second-order valence-electron chi connectivity index (χ2n) is 5.59. The molecule has 2 heterocycles. The maximum absolute atomic E-state index is 12.3. The van der Waals surface area contributed by atoms with Gasteiger partial charge in [0.05, 0.1) is 16.4 Å². The number of sulfone groups is 1. The van der Waals surface area contributed by atoms with E-state index in [4.69, 9.17) is 5.73 Å². The van der Waals surface area contributed by atoms with Crippen molar-refractivity contribution in [1.82, 2.24) is 9.29 Å². The largest absolute Gasteiger partial charge is 0.346 e. The molecule has 7 nitrogen and oxygen atoms in total. The molecule has 0 bridgehead atoms. The molecular weight excluding hydrogens is 314 g/mol. The summed E-state index contributed by atoms with van der Waals surface area (Å²) >= 11 is 0. The summed E-state index contributed by atoms with van der Waals surface area (Å²) in [6.45, 7) is 4.12. The van der Waals surface area contributed by atoms with Crippen LogP contribution in [-0.2, 0) is 26.4 Å². The maximum Gasteiger partial charge on any atom is 0.242 e. The van der Waals surface area contributed by atoms with Crippen molar-refractivity contribution in [3.63, 3.8) is 0 Å². The molecule has 2 rings (SSSR count). The fraction of sp³-hybridized carbons (Fsp3) is 0.667. The highest BCUT2D eigenvalue weighted by Crippen LogP contribution is 2.20. The average molecular weight is 335 g/mol. The lowest BCUT2D eigenvalue weighted by Crippen LogP contribution is -2.35. The Balaban J connectivity index is 2.24. The third-order valence-electron chi connectivity index (χ3n) is 3.54. The zero-order valence-electron chi connectivity index (χ0n) is 12.1. The van der Waals surface area contributed by atoms with Gasteiger partial charge in [-0.1, -0.05) is 0 Å². The van der Waals surface area contributed by atoms with Gasteiger partial charge in [0.2, 0.25) is 10.0 Å². The van der Waals surface area contributed by atoms with Crippen LogP contribution in [0.1, 0.15) is 32.0 Å². The van der Waals surface area contributed by atoms with E-state index in [-0.39, 0.29) is 29.0 Å². The molecule has 0 aliphatic carbocycles. The Morgan fingerprint density at radius 2 is 2.14 bits per heavy atom. The van der Waals surface area contributed by atoms with Crippen molar-refractivity contribution in [3.8, 4) is 0 Å². The molecular formula is C12H21N3O4S2. The molecule has 0 aromatic carbocycles. The predicted octanol–water partition coefficient (Wildman–Crippen LogP) is -0.00690. The van der Waals surface area contributed by atoms with Gasteiger partial charge in [-0.2, -0.15) is 0 Å². The quantitative estimate of drug-likeness (QED) is 0.786. The highest BCUT2D eigenvalue weighted by molar-refractivity contribution is 7.92. The normalized spacial score (nSPS) is 22.0. The Kier molecular flexibility index (Phi) is 4.48. The van der Waals surface area contributed by atoms with Gasteiger partial charge in [0.15, 0.2) is 9.84 Å². The molecule has 1 unspecified atom stereocenters. The fourth-order valence-electron chi connectivity index (χ4n) is 2.46. The summed E-state index contributed by atoms with van der Waals surface area (Å²) in [5.41, 5.74) is 6.36. The number of hydrogen-bond donors (Lipinski definition) is 2. The SMILES string of the molecule is CC(C)n1cc(S(=O)(=O)NC2CCS(=O)(=O)C2)cc1CN. The van der Waals surface area contributed by atoms with Gasteiger partial charge >= 0.3 is 0 Å². The summed E-state index contributed by atoms with van der Waals surface area (Å²) in [6.07, 6.45) is 1.86. The highest BCUT2D eigenvalue weighted by Gasteiger charge is 2.32. The van der Waals surface area contributed by atoms with E-state index in [2.05, 4.69) is 4.72 Å². The molecule has 3 N–H and O–H groups in total. The lowest BCUT2D eigenvalue weighted by molar-refractivity contribution is 0.558. The van der Waals surface area contributed by atoms with Gasteiger partial charge in [0.25, 0.3) is 0 Å². The van der Waals surface area contributed by atoms with E-state index in [0.717, 1.165) is 5.69 Å². The summed E-state index contributed by atoms with van der Waals surface area (Å²) in [7, 11) is -6.85. The van der Waals surface area contributed by atoms with E-state index in [1.165, 1.54) is 6.07 Å². The molecule has 1 aliphatic heterocycles. The molecule has 21 heavy (non-hydrogen) atoms. The van der Waals surface area contributed by atoms with Crippen LogP contribution < -0.4 is 10.5 Å². The van der Waals surface area contributed by atoms with Crippen LogP contribution in [0.3, 0.4) is 0 Å². The smallest absolute Gasteiger partial charge is 0.242 e. The number of nitrogens with two attached hydrogens (primary N) is 1. The van der Waals surface area contributed by atoms with Crippen molar-refractivity contribution in [2.75, 3.05) is 11.5 Å². The number of nitrogens with one attached hydrogen (secondary N) is 1. The molecule has 1 aromatic heterocycles. The molecule has 1 fully saturated rings. The number of sulfonamides is 1. The van der Waals surface area contributed by atoms with E-state index in [1.54, 1.807) is 10.8 Å². The molecule has 0 saturated carbocycles. The second kappa shape index (κ2) is 5.71. The van der Waals surface area contributed by atoms with Gasteiger partial charge < -0.3 is 10.3 Å². The van der Waals surface area contributed by atoms with Crippen molar-refractivity contribution < 1.29 is 16.8 Å². The molecule has 9 heteroatoms. The van der Waals surface area contributed by atoms with Crippen LogP contribution in [0.5, 0.6) is 0 Å². The van der Waals surface area contributed by atoms with Crippen LogP contribution in [0, 0.1) is 0 Å². The molecule has 1 atom stereocenters. The minimum atomic E-state index is -3.73. The third kappa shape index (κ3) is 3.65. The fourth-order valence-corrected chi connectivity index (χ4v) is 5.56. The standard InChI is InChI=1S/C12H21N3O4S2/c1-9(2)15-7-12(5-11(15)6-13)21(18,19)14-10-3-4-20(16,17)8-10/h5,7,9-10,14H,3-4,6,8,13H2,1-2H3. The van der Waals surface area contributed by atoms with E-state index >= 15 is 0 Å². The average Bonchev–Trinajstić information content (AvgIpc) is 2.92. The third-order valence-corrected chi connectivity index (χ3v) is 6.79. The van der Waals surface area contributed by atoms with Gasteiger partial charge in [-0.15, -0.1) is 0 Å². The zero-order chi connectivity index (χ0) is 15.8. The summed E-state index contributed by atoms with van der Waals surface area (Å²) in [5.74, 6) is -0.109. The monoisotopic (exact) mass is 335 g/mol. The molecule has 0 radical (unpaired) electrons. The molecule has 1 aromatic rings. The first-order chi connectivity index (χ1) is 9.64. The Labute approximate surface area is 125 Å². The van der Waals surface area contributed by atoms with Gasteiger partial charge in [-0.25, -0.2) is 21.6 Å². The lowest BCUT2D eigenvalue weighted by Gasteiger charge is -2.11. The summed E-state index contributed by atoms with van der Waals surface area (Å²) in [5, 5.41) is 0. The van der Waals surface area contributed by atoms with Gasteiger partial charge in [0.1, 0.15) is 0 Å². The minimum Gasteiger partial charge on any atom is -0.346 e.